The van der Waals surface area contributed by atoms with Gasteiger partial charge in [-0.2, -0.15) is 0 Å². The third kappa shape index (κ3) is 15.2. The summed E-state index contributed by atoms with van der Waals surface area (Å²) in [6.45, 7) is 4.39. The Bertz CT molecular complexity index is 333. The van der Waals surface area contributed by atoms with E-state index in [1.807, 2.05) is 0 Å². The molecule has 0 saturated heterocycles. The Hall–Kier alpha value is 0.439. The fourth-order valence-electron chi connectivity index (χ4n) is 3.02. The van der Waals surface area contributed by atoms with E-state index < -0.39 is 29.8 Å². The molecule has 0 bridgehead atoms. The Labute approximate surface area is 170 Å². The summed E-state index contributed by atoms with van der Waals surface area (Å²) in [6, 6.07) is 0. The average Bonchev–Trinajstić information content (AvgIpc) is 2.53. The Balaban J connectivity index is 4.52. The first-order valence-electron chi connectivity index (χ1n) is 9.79. The van der Waals surface area contributed by atoms with Gasteiger partial charge < -0.3 is 0 Å². The van der Waals surface area contributed by atoms with Crippen LogP contribution in [0.4, 0.5) is 9.59 Å². The first kappa shape index (κ1) is 25.4. The van der Waals surface area contributed by atoms with Crippen molar-refractivity contribution in [1.82, 2.24) is 0 Å². The molecule has 0 aliphatic rings. The molecule has 0 heterocycles. The second-order valence-electron chi connectivity index (χ2n) is 6.68. The van der Waals surface area contributed by atoms with Crippen LogP contribution in [-0.4, -0.2) is 29.8 Å². The van der Waals surface area contributed by atoms with Crippen LogP contribution >= 0.6 is 25.3 Å². The van der Waals surface area contributed by atoms with Gasteiger partial charge in [0.25, 0.3) is 0 Å². The minimum atomic E-state index is -3.78. The van der Waals surface area contributed by atoms with Gasteiger partial charge in [-0.05, 0) is 0 Å². The molecular formula is C18H36O4S2Sn. The van der Waals surface area contributed by atoms with Crippen molar-refractivity contribution < 1.29 is 15.7 Å². The van der Waals surface area contributed by atoms with E-state index >= 15 is 0 Å². The first-order chi connectivity index (χ1) is 12.0. The predicted octanol–water partition coefficient (Wildman–Crippen LogP) is 7.28. The second-order valence-corrected chi connectivity index (χ2v) is 16.6. The van der Waals surface area contributed by atoms with Crippen molar-refractivity contribution in [2.24, 2.45) is 0 Å². The van der Waals surface area contributed by atoms with Crippen molar-refractivity contribution in [1.29, 1.82) is 0 Å². The van der Waals surface area contributed by atoms with Crippen molar-refractivity contribution in [3.63, 3.8) is 0 Å². The summed E-state index contributed by atoms with van der Waals surface area (Å²) in [5.41, 5.74) is 0. The zero-order valence-electron chi connectivity index (χ0n) is 15.9. The standard InChI is InChI=1S/2C8H17.2CH2O2S.Sn/c2*1-3-5-7-8-6-4-2;2*2-1(3)4;/h2*1,3-8H2,2H3;2*4H,(H,2,3);/q;;;;+2/p-2. The quantitative estimate of drug-likeness (QED) is 0.133. The van der Waals surface area contributed by atoms with Crippen LogP contribution in [0.3, 0.4) is 0 Å². The van der Waals surface area contributed by atoms with Gasteiger partial charge in [-0.1, -0.05) is 0 Å². The number of unbranched alkanes of at least 4 members (excludes halogenated alkanes) is 10. The number of hydrogen-bond acceptors (Lipinski definition) is 4. The van der Waals surface area contributed by atoms with Gasteiger partial charge in [0.15, 0.2) is 0 Å². The van der Waals surface area contributed by atoms with Crippen LogP contribution in [-0.2, 0) is 6.15 Å². The minimum absolute atomic E-state index is 0.623. The monoisotopic (exact) mass is 500 g/mol. The first-order valence-corrected chi connectivity index (χ1v) is 17.1. The molecule has 0 fully saturated rings. The number of thiol groups is 2. The molecule has 0 rings (SSSR count). The second kappa shape index (κ2) is 16.6. The van der Waals surface area contributed by atoms with E-state index in [9.17, 15) is 9.59 Å². The normalized spacial score (nSPS) is 11.4. The van der Waals surface area contributed by atoms with Crippen LogP contribution in [0, 0.1) is 0 Å². The van der Waals surface area contributed by atoms with Gasteiger partial charge in [0.2, 0.25) is 0 Å². The number of carbonyl (C=O) groups excluding carboxylic acids is 2. The third-order valence-electron chi connectivity index (χ3n) is 4.37. The van der Waals surface area contributed by atoms with Crippen LogP contribution < -0.4 is 0 Å². The number of rotatable bonds is 16. The molecule has 0 aromatic heterocycles. The molecule has 4 nitrogen and oxygen atoms in total. The van der Waals surface area contributed by atoms with E-state index in [2.05, 4.69) is 39.1 Å². The molecule has 0 unspecified atom stereocenters. The third-order valence-corrected chi connectivity index (χ3v) is 15.1. The van der Waals surface area contributed by atoms with Gasteiger partial charge in [-0.3, -0.25) is 0 Å². The van der Waals surface area contributed by atoms with Crippen LogP contribution in [0.15, 0.2) is 0 Å². The molecule has 0 N–H and O–H groups in total. The molecule has 0 atom stereocenters. The summed E-state index contributed by atoms with van der Waals surface area (Å²) < 4.78 is 12.5. The van der Waals surface area contributed by atoms with Crippen LogP contribution in [0.1, 0.15) is 90.9 Å². The van der Waals surface area contributed by atoms with Gasteiger partial charge in [0, 0.05) is 0 Å². The average molecular weight is 499 g/mol. The van der Waals surface area contributed by atoms with Gasteiger partial charge in [-0.25, -0.2) is 0 Å². The van der Waals surface area contributed by atoms with E-state index in [1.165, 1.54) is 51.4 Å². The molecule has 0 aromatic carbocycles. The molecule has 0 aromatic rings. The van der Waals surface area contributed by atoms with E-state index in [4.69, 9.17) is 6.15 Å². The summed E-state index contributed by atoms with van der Waals surface area (Å²) in [6.07, 6.45) is 13.8. The molecule has 0 saturated carbocycles. The van der Waals surface area contributed by atoms with Gasteiger partial charge in [0.05, 0.1) is 0 Å². The Kier molecular flexibility index (Phi) is 16.9. The number of carbonyl (C=O) groups is 2. The molecule has 0 amide bonds. The van der Waals surface area contributed by atoms with Crippen molar-refractivity contribution in [3.8, 4) is 0 Å². The molecular weight excluding hydrogens is 463 g/mol. The molecule has 148 valence electrons. The SMILES string of the molecule is CCCCCCC[CH2][Sn]([CH2]CCCCCCC)([O]C(=O)S)[O]C(=O)S. The zero-order valence-corrected chi connectivity index (χ0v) is 20.6. The summed E-state index contributed by atoms with van der Waals surface area (Å²) in [5.74, 6) is 0. The van der Waals surface area contributed by atoms with E-state index in [0.29, 0.717) is 8.87 Å². The molecule has 0 aliphatic carbocycles. The Morgan fingerprint density at radius 3 is 1.28 bits per heavy atom. The van der Waals surface area contributed by atoms with Gasteiger partial charge >= 0.3 is 171 Å². The summed E-state index contributed by atoms with van der Waals surface area (Å²) in [4.78, 5) is 22.9. The van der Waals surface area contributed by atoms with Crippen molar-refractivity contribution in [2.75, 3.05) is 0 Å². The summed E-state index contributed by atoms with van der Waals surface area (Å²) in [7, 11) is 0. The van der Waals surface area contributed by atoms with Crippen molar-refractivity contribution >= 4 is 55.1 Å². The molecule has 7 heteroatoms. The summed E-state index contributed by atoms with van der Waals surface area (Å²) >= 11 is 3.76. The molecule has 0 radical (unpaired) electrons. The summed E-state index contributed by atoms with van der Waals surface area (Å²) in [5, 5.41) is -1.25. The van der Waals surface area contributed by atoms with Crippen LogP contribution in [0.25, 0.3) is 0 Å². The van der Waals surface area contributed by atoms with Gasteiger partial charge in [-0.15, -0.1) is 0 Å². The van der Waals surface area contributed by atoms with Crippen molar-refractivity contribution in [2.45, 2.75) is 99.8 Å². The number of hydrogen-bond donors (Lipinski definition) is 2. The zero-order chi connectivity index (χ0) is 19.0. The topological polar surface area (TPSA) is 52.6 Å². The fourth-order valence-corrected chi connectivity index (χ4v) is 13.6. The van der Waals surface area contributed by atoms with E-state index in [1.54, 1.807) is 0 Å². The maximum atomic E-state index is 11.5. The van der Waals surface area contributed by atoms with E-state index in [-0.39, 0.29) is 0 Å². The molecule has 0 aliphatic heterocycles. The fraction of sp³-hybridized carbons (Fsp3) is 0.889. The Morgan fingerprint density at radius 2 is 0.960 bits per heavy atom. The molecule has 0 spiro atoms. The van der Waals surface area contributed by atoms with Crippen LogP contribution in [0.2, 0.25) is 8.87 Å². The van der Waals surface area contributed by atoms with E-state index in [0.717, 1.165) is 25.7 Å². The predicted molar refractivity (Wildman–Crippen MR) is 113 cm³/mol. The van der Waals surface area contributed by atoms with Crippen molar-refractivity contribution in [3.05, 3.63) is 0 Å². The molecule has 25 heavy (non-hydrogen) atoms. The Morgan fingerprint density at radius 1 is 0.640 bits per heavy atom. The van der Waals surface area contributed by atoms with Crippen LogP contribution in [0.5, 0.6) is 0 Å². The maximum absolute atomic E-state index is 11.5. The van der Waals surface area contributed by atoms with Gasteiger partial charge in [0.1, 0.15) is 0 Å².